The van der Waals surface area contributed by atoms with Gasteiger partial charge in [0, 0.05) is 16.3 Å². The van der Waals surface area contributed by atoms with E-state index in [9.17, 15) is 4.79 Å². The third-order valence-corrected chi connectivity index (χ3v) is 5.88. The van der Waals surface area contributed by atoms with Crippen molar-refractivity contribution in [2.75, 3.05) is 5.32 Å². The monoisotopic (exact) mass is 471 g/mol. The van der Waals surface area contributed by atoms with Crippen LogP contribution < -0.4 is 15.8 Å². The molecule has 0 aliphatic carbocycles. The Morgan fingerprint density at radius 3 is 2.56 bits per heavy atom. The number of rotatable bonds is 6. The van der Waals surface area contributed by atoms with Crippen molar-refractivity contribution in [1.82, 2.24) is 14.8 Å². The molecule has 1 aliphatic heterocycles. The lowest BCUT2D eigenvalue weighted by molar-refractivity contribution is -0.115. The number of halogens is 1. The number of benzene rings is 3. The second-order valence-corrected chi connectivity index (χ2v) is 8.42. The Hall–Kier alpha value is -4.10. The number of fused-ring (bicyclic) bond motifs is 1. The van der Waals surface area contributed by atoms with Crippen molar-refractivity contribution in [3.8, 4) is 17.1 Å². The largest absolute Gasteiger partial charge is 0.489 e. The lowest BCUT2D eigenvalue weighted by atomic mass is 9.95. The molecule has 4 aromatic rings. The molecule has 2 heterocycles. The van der Waals surface area contributed by atoms with Gasteiger partial charge in [0.05, 0.1) is 5.57 Å². The van der Waals surface area contributed by atoms with E-state index in [4.69, 9.17) is 27.2 Å². The van der Waals surface area contributed by atoms with Gasteiger partial charge in [0.2, 0.25) is 11.9 Å². The van der Waals surface area contributed by atoms with Crippen LogP contribution in [0.5, 0.6) is 5.75 Å². The molecule has 3 aromatic carbocycles. The first kappa shape index (κ1) is 21.7. The first-order chi connectivity index (χ1) is 16.5. The number of carbonyl (C=O) groups excluding carboxylic acids is 1. The van der Waals surface area contributed by atoms with Crippen molar-refractivity contribution < 1.29 is 9.53 Å². The number of allylic oxidation sites excluding steroid dienone is 1. The first-order valence-corrected chi connectivity index (χ1v) is 11.1. The van der Waals surface area contributed by atoms with Crippen LogP contribution in [0.3, 0.4) is 0 Å². The van der Waals surface area contributed by atoms with Gasteiger partial charge in [0.15, 0.2) is 5.82 Å². The zero-order valence-corrected chi connectivity index (χ0v) is 19.2. The SMILES string of the molecule is CC1=C(C(N)=O)C(c2ccc(OCc3ccccc3)cc2)n2nc(-c3cccc(Cl)c3)nc2N1. The molecule has 3 N–H and O–H groups in total. The predicted octanol–water partition coefficient (Wildman–Crippen LogP) is 4.95. The maximum atomic E-state index is 12.4. The molecule has 7 nitrogen and oxygen atoms in total. The molecule has 34 heavy (non-hydrogen) atoms. The van der Waals surface area contributed by atoms with Gasteiger partial charge in [-0.05, 0) is 42.3 Å². The second-order valence-electron chi connectivity index (χ2n) is 7.99. The van der Waals surface area contributed by atoms with Crippen molar-refractivity contribution in [2.45, 2.75) is 19.6 Å². The summed E-state index contributed by atoms with van der Waals surface area (Å²) in [4.78, 5) is 17.1. The average molecular weight is 472 g/mol. The number of nitrogens with zero attached hydrogens (tertiary/aromatic N) is 3. The number of aromatic nitrogens is 3. The number of hydrogen-bond acceptors (Lipinski definition) is 5. The van der Waals surface area contributed by atoms with E-state index in [1.165, 1.54) is 0 Å². The van der Waals surface area contributed by atoms with E-state index < -0.39 is 11.9 Å². The number of ether oxygens (including phenoxy) is 1. The third-order valence-electron chi connectivity index (χ3n) is 5.65. The van der Waals surface area contributed by atoms with Gasteiger partial charge in [-0.2, -0.15) is 4.98 Å². The standard InChI is InChI=1S/C26H22ClN5O2/c1-16-22(24(28)33)23(18-10-12-21(13-11-18)34-15-17-6-3-2-4-7-17)32-26(29-16)30-25(31-32)19-8-5-9-20(27)14-19/h2-14,23H,15H2,1H3,(H2,28,33)(H,29,30,31). The molecular formula is C26H22ClN5O2. The van der Waals surface area contributed by atoms with Crippen molar-refractivity contribution in [2.24, 2.45) is 5.73 Å². The fourth-order valence-corrected chi connectivity index (χ4v) is 4.21. The van der Waals surface area contributed by atoms with E-state index in [1.807, 2.05) is 73.7 Å². The van der Waals surface area contributed by atoms with Crippen LogP contribution in [-0.4, -0.2) is 20.7 Å². The number of primary amides is 1. The lowest BCUT2D eigenvalue weighted by Crippen LogP contribution is -2.31. The molecule has 0 bridgehead atoms. The van der Waals surface area contributed by atoms with Crippen LogP contribution in [0.4, 0.5) is 5.95 Å². The van der Waals surface area contributed by atoms with Gasteiger partial charge in [-0.3, -0.25) is 4.79 Å². The number of hydrogen-bond donors (Lipinski definition) is 2. The number of amides is 1. The summed E-state index contributed by atoms with van der Waals surface area (Å²) < 4.78 is 7.59. The van der Waals surface area contributed by atoms with Gasteiger partial charge in [-0.15, -0.1) is 5.10 Å². The molecule has 1 aromatic heterocycles. The van der Waals surface area contributed by atoms with Gasteiger partial charge in [0.25, 0.3) is 0 Å². The minimum atomic E-state index is -0.530. The lowest BCUT2D eigenvalue weighted by Gasteiger charge is -2.27. The summed E-state index contributed by atoms with van der Waals surface area (Å²) in [7, 11) is 0. The van der Waals surface area contributed by atoms with Crippen molar-refractivity contribution >= 4 is 23.5 Å². The fourth-order valence-electron chi connectivity index (χ4n) is 4.02. The van der Waals surface area contributed by atoms with E-state index >= 15 is 0 Å². The van der Waals surface area contributed by atoms with Crippen molar-refractivity contribution in [3.05, 3.63) is 106 Å². The highest BCUT2D eigenvalue weighted by atomic mass is 35.5. The molecular weight excluding hydrogens is 450 g/mol. The Labute approximate surface area is 201 Å². The highest BCUT2D eigenvalue weighted by Gasteiger charge is 2.33. The molecule has 0 spiro atoms. The van der Waals surface area contributed by atoms with E-state index in [-0.39, 0.29) is 0 Å². The smallest absolute Gasteiger partial charge is 0.248 e. The maximum absolute atomic E-state index is 12.4. The summed E-state index contributed by atoms with van der Waals surface area (Å²) >= 11 is 6.15. The first-order valence-electron chi connectivity index (χ1n) is 10.8. The van der Waals surface area contributed by atoms with Crippen LogP contribution in [0, 0.1) is 0 Å². The zero-order valence-electron chi connectivity index (χ0n) is 18.4. The van der Waals surface area contributed by atoms with E-state index in [0.29, 0.717) is 34.7 Å². The van der Waals surface area contributed by atoms with E-state index in [1.54, 1.807) is 16.8 Å². The Morgan fingerprint density at radius 2 is 1.85 bits per heavy atom. The Kier molecular flexibility index (Phi) is 5.77. The number of nitrogens with one attached hydrogen (secondary N) is 1. The Morgan fingerprint density at radius 1 is 1.09 bits per heavy atom. The Bertz CT molecular complexity index is 1380. The average Bonchev–Trinajstić information content (AvgIpc) is 3.26. The van der Waals surface area contributed by atoms with Crippen molar-refractivity contribution in [3.63, 3.8) is 0 Å². The normalized spacial score (nSPS) is 14.9. The molecule has 8 heteroatoms. The minimum absolute atomic E-state index is 0.424. The number of carbonyl (C=O) groups is 1. The maximum Gasteiger partial charge on any atom is 0.248 e. The minimum Gasteiger partial charge on any atom is -0.489 e. The molecule has 1 amide bonds. The van der Waals surface area contributed by atoms with E-state index in [2.05, 4.69) is 10.3 Å². The zero-order chi connectivity index (χ0) is 23.7. The summed E-state index contributed by atoms with van der Waals surface area (Å²) in [5.41, 5.74) is 9.54. The highest BCUT2D eigenvalue weighted by molar-refractivity contribution is 6.30. The molecule has 1 unspecified atom stereocenters. The van der Waals surface area contributed by atoms with Gasteiger partial charge in [0.1, 0.15) is 18.4 Å². The van der Waals surface area contributed by atoms with Crippen LogP contribution in [0.1, 0.15) is 24.1 Å². The summed E-state index contributed by atoms with van der Waals surface area (Å²) in [6, 6.07) is 24.3. The summed E-state index contributed by atoms with van der Waals surface area (Å²) in [5, 5.41) is 8.44. The second kappa shape index (κ2) is 9.03. The van der Waals surface area contributed by atoms with Crippen LogP contribution in [0.2, 0.25) is 5.02 Å². The molecule has 5 rings (SSSR count). The summed E-state index contributed by atoms with van der Waals surface area (Å²) in [6.45, 7) is 2.27. The van der Waals surface area contributed by atoms with Crippen LogP contribution in [0.15, 0.2) is 90.1 Å². The highest BCUT2D eigenvalue weighted by Crippen LogP contribution is 2.36. The quantitative estimate of drug-likeness (QED) is 0.414. The molecule has 0 saturated heterocycles. The van der Waals surface area contributed by atoms with E-state index in [0.717, 1.165) is 22.4 Å². The van der Waals surface area contributed by atoms with Gasteiger partial charge in [-0.1, -0.05) is 66.2 Å². The molecule has 0 fully saturated rings. The number of nitrogens with two attached hydrogens (primary N) is 1. The predicted molar refractivity (Wildman–Crippen MR) is 131 cm³/mol. The molecule has 1 atom stereocenters. The third kappa shape index (κ3) is 4.25. The fraction of sp³-hybridized carbons (Fsp3) is 0.115. The van der Waals surface area contributed by atoms with Gasteiger partial charge in [-0.25, -0.2) is 4.68 Å². The molecule has 0 radical (unpaired) electrons. The topological polar surface area (TPSA) is 95.1 Å². The summed E-state index contributed by atoms with van der Waals surface area (Å²) in [5.74, 6) is 1.22. The Balaban J connectivity index is 1.48. The van der Waals surface area contributed by atoms with Crippen LogP contribution in [-0.2, 0) is 11.4 Å². The van der Waals surface area contributed by atoms with Crippen LogP contribution in [0.25, 0.3) is 11.4 Å². The molecule has 0 saturated carbocycles. The van der Waals surface area contributed by atoms with Gasteiger partial charge >= 0.3 is 0 Å². The van der Waals surface area contributed by atoms with Crippen LogP contribution >= 0.6 is 11.6 Å². The summed E-state index contributed by atoms with van der Waals surface area (Å²) in [6.07, 6.45) is 0. The number of anilines is 1. The molecule has 1 aliphatic rings. The van der Waals surface area contributed by atoms with Crippen molar-refractivity contribution in [1.29, 1.82) is 0 Å². The van der Waals surface area contributed by atoms with Gasteiger partial charge < -0.3 is 15.8 Å². The molecule has 170 valence electrons.